The average Bonchev–Trinajstić information content (AvgIpc) is 3.27. The number of likely N-dealkylation sites (tertiary alicyclic amines) is 1. The average molecular weight is 554 g/mol. The Bertz CT molecular complexity index is 1680. The Labute approximate surface area is 235 Å². The number of fused-ring (bicyclic) bond motifs is 2. The third kappa shape index (κ3) is 4.92. The number of ether oxygens (including phenoxy) is 2. The van der Waals surface area contributed by atoms with Crippen molar-refractivity contribution in [1.82, 2.24) is 19.4 Å². The Balaban J connectivity index is 1.01. The van der Waals surface area contributed by atoms with Gasteiger partial charge in [-0.2, -0.15) is 5.26 Å². The summed E-state index contributed by atoms with van der Waals surface area (Å²) in [6, 6.07) is 17.1. The summed E-state index contributed by atoms with van der Waals surface area (Å²) in [5.74, 6) is 1.34. The minimum atomic E-state index is -0.948. The molecule has 4 heterocycles. The monoisotopic (exact) mass is 553 g/mol. The summed E-state index contributed by atoms with van der Waals surface area (Å²) in [7, 11) is 0. The molecular weight excluding hydrogens is 525 g/mol. The number of aromatic carboxylic acids is 1. The summed E-state index contributed by atoms with van der Waals surface area (Å²) in [6.45, 7) is 4.03. The zero-order valence-electron chi connectivity index (χ0n) is 22.2. The molecule has 9 nitrogen and oxygen atoms in total. The van der Waals surface area contributed by atoms with Crippen LogP contribution in [0.4, 0.5) is 4.39 Å². The molecule has 3 fully saturated rings. The van der Waals surface area contributed by atoms with Crippen molar-refractivity contribution in [2.75, 3.05) is 19.7 Å². The number of carboxylic acid groups (broad SMARTS) is 1. The molecular formula is C31H28FN5O4. The van der Waals surface area contributed by atoms with Gasteiger partial charge in [-0.05, 0) is 54.7 Å². The van der Waals surface area contributed by atoms with E-state index < -0.39 is 11.8 Å². The highest BCUT2D eigenvalue weighted by atomic mass is 19.1. The van der Waals surface area contributed by atoms with Gasteiger partial charge in [-0.15, -0.1) is 0 Å². The molecule has 3 aliphatic rings. The topological polar surface area (TPSA) is 114 Å². The predicted octanol–water partition coefficient (Wildman–Crippen LogP) is 4.35. The molecule has 1 N–H and O–H groups in total. The summed E-state index contributed by atoms with van der Waals surface area (Å²) in [5.41, 5.74) is 3.54. The van der Waals surface area contributed by atoms with Gasteiger partial charge < -0.3 is 19.1 Å². The van der Waals surface area contributed by atoms with Crippen molar-refractivity contribution >= 4 is 17.0 Å². The summed E-state index contributed by atoms with van der Waals surface area (Å²) in [5, 5.41) is 18.4. The lowest BCUT2D eigenvalue weighted by Crippen LogP contribution is -2.33. The number of piperidine rings is 1. The maximum absolute atomic E-state index is 14.2. The van der Waals surface area contributed by atoms with Crippen LogP contribution in [0.5, 0.6) is 5.88 Å². The van der Waals surface area contributed by atoms with Crippen molar-refractivity contribution < 1.29 is 23.8 Å². The molecule has 10 heteroatoms. The van der Waals surface area contributed by atoms with E-state index in [0.717, 1.165) is 48.7 Å². The highest BCUT2D eigenvalue weighted by Gasteiger charge is 2.57. The Hall–Kier alpha value is -4.33. The van der Waals surface area contributed by atoms with Gasteiger partial charge in [0.2, 0.25) is 5.88 Å². The number of carboxylic acids is 1. The molecule has 1 aliphatic carbocycles. The molecule has 0 radical (unpaired) electrons. The highest BCUT2D eigenvalue weighted by molar-refractivity contribution is 5.92. The van der Waals surface area contributed by atoms with Gasteiger partial charge in [0.05, 0.1) is 47.4 Å². The Morgan fingerprint density at radius 3 is 2.68 bits per heavy atom. The lowest BCUT2D eigenvalue weighted by Gasteiger charge is -2.28. The second kappa shape index (κ2) is 10.3. The van der Waals surface area contributed by atoms with E-state index in [1.54, 1.807) is 36.4 Å². The smallest absolute Gasteiger partial charge is 0.335 e. The second-order valence-electron chi connectivity index (χ2n) is 11.1. The second-order valence-corrected chi connectivity index (χ2v) is 11.1. The maximum Gasteiger partial charge on any atom is 0.335 e. The normalized spacial score (nSPS) is 23.1. The van der Waals surface area contributed by atoms with Crippen molar-refractivity contribution in [1.29, 1.82) is 5.26 Å². The van der Waals surface area contributed by atoms with E-state index >= 15 is 0 Å². The van der Waals surface area contributed by atoms with E-state index in [2.05, 4.69) is 9.47 Å². The maximum atomic E-state index is 14.2. The lowest BCUT2D eigenvalue weighted by molar-refractivity contribution is -0.0591. The van der Waals surface area contributed by atoms with Gasteiger partial charge in [0.25, 0.3) is 0 Å². The molecule has 2 saturated heterocycles. The Morgan fingerprint density at radius 2 is 1.98 bits per heavy atom. The van der Waals surface area contributed by atoms with Gasteiger partial charge in [-0.1, -0.05) is 12.1 Å². The number of aromatic nitrogens is 3. The number of hydrogen-bond donors (Lipinski definition) is 1. The van der Waals surface area contributed by atoms with Crippen molar-refractivity contribution in [2.45, 2.75) is 38.1 Å². The van der Waals surface area contributed by atoms with Crippen LogP contribution in [0, 0.1) is 29.0 Å². The first-order chi connectivity index (χ1) is 20.0. The molecule has 7 rings (SSSR count). The Kier molecular flexibility index (Phi) is 6.41. The molecule has 2 aromatic carbocycles. The standard InChI is InChI=1S/C31H28FN5O4/c32-24-10-18(12-33)4-5-20(24)17-41-29-3-1-2-26(35-29)30-22-14-36(15-23(22)30)16-28-34-25-7-6-19(31(38)39)11-27(25)37(28)13-21-8-9-40-21/h1-7,10-11,21-23,30H,8-9,13-17H2,(H,38,39)/t21-,22?,23?,30?/m0/s1. The number of halogens is 1. The molecule has 0 bridgehead atoms. The number of carbonyl (C=O) groups is 1. The van der Waals surface area contributed by atoms with E-state index in [1.165, 1.54) is 6.07 Å². The quantitative estimate of drug-likeness (QED) is 0.326. The lowest BCUT2D eigenvalue weighted by atomic mass is 10.1. The molecule has 4 aromatic rings. The van der Waals surface area contributed by atoms with Gasteiger partial charge in [0.1, 0.15) is 18.2 Å². The summed E-state index contributed by atoms with van der Waals surface area (Å²) < 4.78 is 27.8. The molecule has 0 spiro atoms. The van der Waals surface area contributed by atoms with Crippen LogP contribution >= 0.6 is 0 Å². The number of nitrogens with zero attached hydrogens (tertiary/aromatic N) is 5. The molecule has 1 saturated carbocycles. The van der Waals surface area contributed by atoms with Crippen LogP contribution in [0.3, 0.4) is 0 Å². The molecule has 0 amide bonds. The van der Waals surface area contributed by atoms with E-state index in [0.29, 0.717) is 42.3 Å². The minimum absolute atomic E-state index is 0.0418. The van der Waals surface area contributed by atoms with Gasteiger partial charge >= 0.3 is 5.97 Å². The minimum Gasteiger partial charge on any atom is -0.478 e. The first kappa shape index (κ1) is 25.6. The Morgan fingerprint density at radius 1 is 1.15 bits per heavy atom. The molecule has 41 heavy (non-hydrogen) atoms. The number of nitriles is 1. The van der Waals surface area contributed by atoms with Crippen molar-refractivity contribution in [2.24, 2.45) is 11.8 Å². The van der Waals surface area contributed by atoms with E-state index in [-0.39, 0.29) is 23.8 Å². The third-order valence-corrected chi connectivity index (χ3v) is 8.53. The summed E-state index contributed by atoms with van der Waals surface area (Å²) >= 11 is 0. The van der Waals surface area contributed by atoms with E-state index in [1.807, 2.05) is 18.2 Å². The zero-order valence-corrected chi connectivity index (χ0v) is 22.2. The molecule has 3 atom stereocenters. The summed E-state index contributed by atoms with van der Waals surface area (Å²) in [6.07, 6.45) is 1.12. The molecule has 2 aromatic heterocycles. The van der Waals surface area contributed by atoms with Crippen LogP contribution in [-0.4, -0.2) is 56.3 Å². The summed E-state index contributed by atoms with van der Waals surface area (Å²) in [4.78, 5) is 23.6. The van der Waals surface area contributed by atoms with E-state index in [9.17, 15) is 14.3 Å². The molecule has 208 valence electrons. The number of imidazole rings is 1. The number of pyridine rings is 1. The van der Waals surface area contributed by atoms with Crippen LogP contribution in [0.1, 0.15) is 45.3 Å². The number of rotatable bonds is 9. The fraction of sp³-hybridized carbons (Fsp3) is 0.355. The first-order valence-electron chi connectivity index (χ1n) is 13.8. The predicted molar refractivity (Wildman–Crippen MR) is 146 cm³/mol. The highest BCUT2D eigenvalue weighted by Crippen LogP contribution is 2.58. The van der Waals surface area contributed by atoms with Gasteiger partial charge in [-0.25, -0.2) is 19.2 Å². The van der Waals surface area contributed by atoms with Crippen LogP contribution in [-0.2, 0) is 24.4 Å². The van der Waals surface area contributed by atoms with Gasteiger partial charge in [0, 0.05) is 42.9 Å². The first-order valence-corrected chi connectivity index (χ1v) is 13.8. The van der Waals surface area contributed by atoms with Gasteiger partial charge in [-0.3, -0.25) is 4.90 Å². The number of benzene rings is 2. The fourth-order valence-electron chi connectivity index (χ4n) is 6.23. The third-order valence-electron chi connectivity index (χ3n) is 8.53. The van der Waals surface area contributed by atoms with Crippen molar-refractivity contribution in [3.63, 3.8) is 0 Å². The largest absolute Gasteiger partial charge is 0.478 e. The van der Waals surface area contributed by atoms with Gasteiger partial charge in [0.15, 0.2) is 0 Å². The molecule has 2 unspecified atom stereocenters. The van der Waals surface area contributed by atoms with Crippen LogP contribution in [0.15, 0.2) is 54.6 Å². The van der Waals surface area contributed by atoms with Crippen molar-refractivity contribution in [3.05, 3.63) is 88.6 Å². The molecule has 2 aliphatic heterocycles. The van der Waals surface area contributed by atoms with Crippen LogP contribution < -0.4 is 4.74 Å². The number of hydrogen-bond acceptors (Lipinski definition) is 7. The van der Waals surface area contributed by atoms with Crippen LogP contribution in [0.25, 0.3) is 11.0 Å². The van der Waals surface area contributed by atoms with Crippen LogP contribution in [0.2, 0.25) is 0 Å². The van der Waals surface area contributed by atoms with E-state index in [4.69, 9.17) is 24.7 Å². The zero-order chi connectivity index (χ0) is 28.1. The fourth-order valence-corrected chi connectivity index (χ4v) is 6.23. The van der Waals surface area contributed by atoms with Crippen molar-refractivity contribution in [3.8, 4) is 11.9 Å². The SMILES string of the molecule is N#Cc1ccc(COc2cccc(C3C4CN(Cc5nc6ccc(C(=O)O)cc6n5C[C@@H]5CCO5)CC43)n2)c(F)c1.